The minimum atomic E-state index is -0.489. The predicted octanol–water partition coefficient (Wildman–Crippen LogP) is 2.55. The van der Waals surface area contributed by atoms with E-state index in [0.717, 1.165) is 5.56 Å². The lowest BCUT2D eigenvalue weighted by Gasteiger charge is -2.37. The number of ether oxygens (including phenoxy) is 1. The molecule has 6 nitrogen and oxygen atoms in total. The number of hydrogen-bond donors (Lipinski definition) is 1. The first-order valence-electron chi connectivity index (χ1n) is 9.21. The molecule has 1 aromatic rings. The highest BCUT2D eigenvalue weighted by atomic mass is 16.6. The Morgan fingerprint density at radius 1 is 1.15 bits per heavy atom. The van der Waals surface area contributed by atoms with Gasteiger partial charge in [-0.2, -0.15) is 0 Å². The van der Waals surface area contributed by atoms with Crippen molar-refractivity contribution >= 4 is 12.0 Å². The van der Waals surface area contributed by atoms with Crippen molar-refractivity contribution in [1.82, 2.24) is 15.1 Å². The third kappa shape index (κ3) is 5.73. The Balaban J connectivity index is 1.80. The number of rotatable bonds is 4. The Morgan fingerprint density at radius 3 is 2.35 bits per heavy atom. The quantitative estimate of drug-likeness (QED) is 0.895. The van der Waals surface area contributed by atoms with Crippen LogP contribution in [0.1, 0.15) is 38.8 Å². The summed E-state index contributed by atoms with van der Waals surface area (Å²) in [5, 5.41) is 3.02. The molecule has 1 atom stereocenters. The molecule has 0 aromatic heterocycles. The zero-order valence-electron chi connectivity index (χ0n) is 16.5. The highest BCUT2D eigenvalue weighted by molar-refractivity contribution is 5.81. The Labute approximate surface area is 156 Å². The van der Waals surface area contributed by atoms with Gasteiger partial charge in [0.25, 0.3) is 0 Å². The lowest BCUT2D eigenvalue weighted by molar-refractivity contribution is -0.126. The van der Waals surface area contributed by atoms with E-state index in [1.165, 1.54) is 5.56 Å². The van der Waals surface area contributed by atoms with E-state index in [-0.39, 0.29) is 18.0 Å². The van der Waals surface area contributed by atoms with Crippen LogP contribution in [0.5, 0.6) is 0 Å². The van der Waals surface area contributed by atoms with E-state index in [9.17, 15) is 9.59 Å². The molecular formula is C20H31N3O3. The van der Waals surface area contributed by atoms with Crippen LogP contribution >= 0.6 is 0 Å². The van der Waals surface area contributed by atoms with Crippen LogP contribution in [0.4, 0.5) is 4.79 Å². The van der Waals surface area contributed by atoms with Gasteiger partial charge >= 0.3 is 6.09 Å². The summed E-state index contributed by atoms with van der Waals surface area (Å²) in [5.74, 6) is 0.0129. The van der Waals surface area contributed by atoms with Crippen LogP contribution in [0.25, 0.3) is 0 Å². The summed E-state index contributed by atoms with van der Waals surface area (Å²) in [6.45, 7) is 12.6. The Kier molecular flexibility index (Phi) is 6.64. The zero-order chi connectivity index (χ0) is 19.3. The summed E-state index contributed by atoms with van der Waals surface area (Å²) in [6.07, 6.45) is -0.284. The van der Waals surface area contributed by atoms with Gasteiger partial charge in [0.1, 0.15) is 5.60 Å². The van der Waals surface area contributed by atoms with Gasteiger partial charge in [0.2, 0.25) is 5.91 Å². The molecule has 1 unspecified atom stereocenters. The van der Waals surface area contributed by atoms with Crippen molar-refractivity contribution < 1.29 is 14.3 Å². The summed E-state index contributed by atoms with van der Waals surface area (Å²) < 4.78 is 5.41. The van der Waals surface area contributed by atoms with E-state index in [4.69, 9.17) is 4.74 Å². The van der Waals surface area contributed by atoms with Gasteiger partial charge in [-0.05, 0) is 45.7 Å². The maximum absolute atomic E-state index is 12.5. The van der Waals surface area contributed by atoms with Gasteiger partial charge in [0, 0.05) is 32.7 Å². The fourth-order valence-electron chi connectivity index (χ4n) is 2.92. The van der Waals surface area contributed by atoms with Gasteiger partial charge in [0.05, 0.1) is 6.04 Å². The van der Waals surface area contributed by atoms with Crippen LogP contribution < -0.4 is 5.32 Å². The molecule has 0 saturated carbocycles. The summed E-state index contributed by atoms with van der Waals surface area (Å²) in [6, 6.07) is 7.82. The van der Waals surface area contributed by atoms with Crippen molar-refractivity contribution in [2.24, 2.45) is 0 Å². The van der Waals surface area contributed by atoms with E-state index in [2.05, 4.69) is 10.2 Å². The molecule has 1 N–H and O–H groups in total. The number of piperazine rings is 1. The number of amides is 2. The van der Waals surface area contributed by atoms with Gasteiger partial charge in [0.15, 0.2) is 0 Å². The van der Waals surface area contributed by atoms with Crippen molar-refractivity contribution in [3.8, 4) is 0 Å². The standard InChI is InChI=1S/C20H31N3O3/c1-15-8-6-7-9-17(15)14-21-18(24)16(2)22-10-12-23(13-11-22)19(25)26-20(3,4)5/h6-9,16H,10-14H2,1-5H3,(H,21,24). The molecule has 1 heterocycles. The molecule has 144 valence electrons. The molecule has 0 bridgehead atoms. The van der Waals surface area contributed by atoms with Crippen LogP contribution in [0, 0.1) is 6.92 Å². The summed E-state index contributed by atoms with van der Waals surface area (Å²) >= 11 is 0. The van der Waals surface area contributed by atoms with E-state index in [0.29, 0.717) is 32.7 Å². The average molecular weight is 361 g/mol. The third-order valence-corrected chi connectivity index (χ3v) is 4.61. The topological polar surface area (TPSA) is 61.9 Å². The SMILES string of the molecule is Cc1ccccc1CNC(=O)C(C)N1CCN(C(=O)OC(C)(C)C)CC1. The normalized spacial score (nSPS) is 16.9. The highest BCUT2D eigenvalue weighted by Crippen LogP contribution is 2.13. The van der Waals surface area contributed by atoms with Gasteiger partial charge in [-0.1, -0.05) is 24.3 Å². The monoisotopic (exact) mass is 361 g/mol. The fraction of sp³-hybridized carbons (Fsp3) is 0.600. The summed E-state index contributed by atoms with van der Waals surface area (Å²) in [7, 11) is 0. The molecule has 2 amide bonds. The molecule has 0 radical (unpaired) electrons. The van der Waals surface area contributed by atoms with E-state index < -0.39 is 5.60 Å². The van der Waals surface area contributed by atoms with E-state index in [1.807, 2.05) is 58.9 Å². The molecule has 1 saturated heterocycles. The summed E-state index contributed by atoms with van der Waals surface area (Å²) in [4.78, 5) is 28.4. The van der Waals surface area contributed by atoms with Crippen molar-refractivity contribution in [3.05, 3.63) is 35.4 Å². The lowest BCUT2D eigenvalue weighted by Crippen LogP contribution is -2.55. The first-order chi connectivity index (χ1) is 12.2. The molecule has 1 aromatic carbocycles. The molecule has 1 fully saturated rings. The number of nitrogens with one attached hydrogen (secondary N) is 1. The minimum absolute atomic E-state index is 0.0129. The maximum atomic E-state index is 12.5. The number of aryl methyl sites for hydroxylation is 1. The van der Waals surface area contributed by atoms with Crippen molar-refractivity contribution in [2.45, 2.75) is 52.8 Å². The maximum Gasteiger partial charge on any atom is 0.410 e. The Morgan fingerprint density at radius 2 is 1.77 bits per heavy atom. The van der Waals surface area contributed by atoms with E-state index in [1.54, 1.807) is 4.90 Å². The van der Waals surface area contributed by atoms with E-state index >= 15 is 0 Å². The molecular weight excluding hydrogens is 330 g/mol. The van der Waals surface area contributed by atoms with Gasteiger partial charge < -0.3 is 15.0 Å². The number of carbonyl (C=O) groups excluding carboxylic acids is 2. The van der Waals surface area contributed by atoms with Crippen molar-refractivity contribution in [1.29, 1.82) is 0 Å². The molecule has 2 rings (SSSR count). The minimum Gasteiger partial charge on any atom is -0.444 e. The zero-order valence-corrected chi connectivity index (χ0v) is 16.5. The van der Waals surface area contributed by atoms with Crippen LogP contribution in [0.3, 0.4) is 0 Å². The first kappa shape index (κ1) is 20.2. The number of hydrogen-bond acceptors (Lipinski definition) is 4. The largest absolute Gasteiger partial charge is 0.444 e. The third-order valence-electron chi connectivity index (χ3n) is 4.61. The molecule has 1 aliphatic heterocycles. The highest BCUT2D eigenvalue weighted by Gasteiger charge is 2.29. The predicted molar refractivity (Wildman–Crippen MR) is 102 cm³/mol. The van der Waals surface area contributed by atoms with Crippen LogP contribution in [0.15, 0.2) is 24.3 Å². The van der Waals surface area contributed by atoms with Crippen LogP contribution in [-0.2, 0) is 16.1 Å². The number of carbonyl (C=O) groups is 2. The fourth-order valence-corrected chi connectivity index (χ4v) is 2.92. The van der Waals surface area contributed by atoms with Crippen LogP contribution in [0.2, 0.25) is 0 Å². The second-order valence-corrected chi connectivity index (χ2v) is 7.82. The molecule has 1 aliphatic rings. The molecule has 0 aliphatic carbocycles. The molecule has 26 heavy (non-hydrogen) atoms. The number of benzene rings is 1. The van der Waals surface area contributed by atoms with Gasteiger partial charge in [-0.15, -0.1) is 0 Å². The summed E-state index contributed by atoms with van der Waals surface area (Å²) in [5.41, 5.74) is 1.81. The van der Waals surface area contributed by atoms with Crippen molar-refractivity contribution in [2.75, 3.05) is 26.2 Å². The van der Waals surface area contributed by atoms with Gasteiger partial charge in [-0.3, -0.25) is 9.69 Å². The molecule has 6 heteroatoms. The smallest absolute Gasteiger partial charge is 0.410 e. The van der Waals surface area contributed by atoms with Crippen LogP contribution in [-0.4, -0.2) is 59.6 Å². The Hall–Kier alpha value is -2.08. The number of nitrogens with zero attached hydrogens (tertiary/aromatic N) is 2. The van der Waals surface area contributed by atoms with Crippen molar-refractivity contribution in [3.63, 3.8) is 0 Å². The average Bonchev–Trinajstić information content (AvgIpc) is 2.59. The first-order valence-corrected chi connectivity index (χ1v) is 9.21. The van der Waals surface area contributed by atoms with Gasteiger partial charge in [-0.25, -0.2) is 4.79 Å². The second kappa shape index (κ2) is 8.54. The Bertz CT molecular complexity index is 631. The molecule has 0 spiro atoms. The second-order valence-electron chi connectivity index (χ2n) is 7.82. The lowest BCUT2D eigenvalue weighted by atomic mass is 10.1.